The van der Waals surface area contributed by atoms with E-state index in [-0.39, 0.29) is 6.54 Å². The zero-order valence-corrected chi connectivity index (χ0v) is 14.2. The molecule has 9 heteroatoms. The third-order valence-electron chi connectivity index (χ3n) is 4.07. The fourth-order valence-electron chi connectivity index (χ4n) is 2.85. The van der Waals surface area contributed by atoms with E-state index in [1.807, 2.05) is 38.1 Å². The summed E-state index contributed by atoms with van der Waals surface area (Å²) in [4.78, 5) is 16.4. The van der Waals surface area contributed by atoms with Gasteiger partial charge in [-0.1, -0.05) is 29.4 Å². The number of para-hydroxylation sites is 1. The molecule has 0 radical (unpaired) electrons. The Hall–Kier alpha value is -3.62. The number of aromatic nitrogens is 7. The van der Waals surface area contributed by atoms with Crippen LogP contribution in [0.3, 0.4) is 0 Å². The molecule has 0 amide bonds. The van der Waals surface area contributed by atoms with Crippen LogP contribution < -0.4 is 5.76 Å². The molecular weight excluding hydrogens is 334 g/mol. The highest BCUT2D eigenvalue weighted by Gasteiger charge is 2.19. The zero-order valence-electron chi connectivity index (χ0n) is 14.2. The Labute approximate surface area is 147 Å². The highest BCUT2D eigenvalue weighted by atomic mass is 16.5. The second-order valence-corrected chi connectivity index (χ2v) is 5.82. The maximum absolute atomic E-state index is 12.1. The van der Waals surface area contributed by atoms with Gasteiger partial charge in [-0.15, -0.1) is 5.10 Å². The van der Waals surface area contributed by atoms with E-state index in [0.29, 0.717) is 17.3 Å². The third-order valence-corrected chi connectivity index (χ3v) is 4.07. The monoisotopic (exact) mass is 349 g/mol. The molecule has 0 spiro atoms. The maximum Gasteiger partial charge on any atom is 0.442 e. The zero-order chi connectivity index (χ0) is 18.1. The van der Waals surface area contributed by atoms with Crippen LogP contribution in [0.2, 0.25) is 0 Å². The van der Waals surface area contributed by atoms with E-state index in [0.717, 1.165) is 16.8 Å². The van der Waals surface area contributed by atoms with E-state index in [4.69, 9.17) is 4.52 Å². The van der Waals surface area contributed by atoms with E-state index < -0.39 is 5.76 Å². The molecule has 0 unspecified atom stereocenters. The molecule has 0 aliphatic carbocycles. The topological polar surface area (TPSA) is 105 Å². The van der Waals surface area contributed by atoms with E-state index in [9.17, 15) is 4.79 Å². The lowest BCUT2D eigenvalue weighted by Crippen LogP contribution is -2.19. The molecule has 0 saturated heterocycles. The van der Waals surface area contributed by atoms with Crippen LogP contribution in [-0.4, -0.2) is 34.9 Å². The smallest absolute Gasteiger partial charge is 0.295 e. The predicted octanol–water partition coefficient (Wildman–Crippen LogP) is 1.54. The summed E-state index contributed by atoms with van der Waals surface area (Å²) in [5, 5.41) is 15.8. The Morgan fingerprint density at radius 2 is 1.88 bits per heavy atom. The van der Waals surface area contributed by atoms with Crippen molar-refractivity contribution in [1.82, 2.24) is 34.9 Å². The average molecular weight is 349 g/mol. The molecule has 3 aromatic heterocycles. The quantitative estimate of drug-likeness (QED) is 0.550. The summed E-state index contributed by atoms with van der Waals surface area (Å²) in [6.07, 6.45) is 1.62. The number of rotatable bonds is 4. The van der Waals surface area contributed by atoms with Crippen molar-refractivity contribution in [2.75, 3.05) is 0 Å². The van der Waals surface area contributed by atoms with Gasteiger partial charge in [-0.05, 0) is 47.5 Å². The van der Waals surface area contributed by atoms with Crippen molar-refractivity contribution in [3.8, 4) is 17.2 Å². The minimum absolute atomic E-state index is 0.106. The average Bonchev–Trinajstić information content (AvgIpc) is 3.24. The first-order valence-electron chi connectivity index (χ1n) is 7.97. The van der Waals surface area contributed by atoms with Gasteiger partial charge in [-0.3, -0.25) is 9.51 Å². The fourth-order valence-corrected chi connectivity index (χ4v) is 2.85. The van der Waals surface area contributed by atoms with Gasteiger partial charge in [0, 0.05) is 6.20 Å². The molecule has 0 aliphatic heterocycles. The van der Waals surface area contributed by atoms with Crippen LogP contribution in [-0.2, 0) is 6.54 Å². The van der Waals surface area contributed by atoms with Crippen LogP contribution in [0.4, 0.5) is 0 Å². The first kappa shape index (κ1) is 15.9. The van der Waals surface area contributed by atoms with Gasteiger partial charge in [0.1, 0.15) is 5.69 Å². The maximum atomic E-state index is 12.1. The number of pyridine rings is 1. The number of hydrogen-bond acceptors (Lipinski definition) is 7. The molecule has 4 aromatic rings. The van der Waals surface area contributed by atoms with Crippen molar-refractivity contribution in [2.24, 2.45) is 0 Å². The molecule has 0 fully saturated rings. The third kappa shape index (κ3) is 2.69. The van der Waals surface area contributed by atoms with Crippen molar-refractivity contribution in [2.45, 2.75) is 20.4 Å². The lowest BCUT2D eigenvalue weighted by molar-refractivity contribution is 0.377. The Balaban J connectivity index is 1.79. The number of aryl methyl sites for hydroxylation is 2. The Kier molecular flexibility index (Phi) is 3.88. The van der Waals surface area contributed by atoms with E-state index >= 15 is 0 Å². The van der Waals surface area contributed by atoms with Crippen molar-refractivity contribution in [3.63, 3.8) is 0 Å². The minimum atomic E-state index is -0.596. The first-order chi connectivity index (χ1) is 12.6. The van der Waals surface area contributed by atoms with Gasteiger partial charge in [0.15, 0.2) is 5.82 Å². The molecule has 0 atom stereocenters. The fraction of sp³-hybridized carbons (Fsp3) is 0.176. The molecule has 0 bridgehead atoms. The summed E-state index contributed by atoms with van der Waals surface area (Å²) in [5.74, 6) is 0.221. The van der Waals surface area contributed by atoms with Crippen LogP contribution in [0, 0.1) is 13.8 Å². The summed E-state index contributed by atoms with van der Waals surface area (Å²) in [6, 6.07) is 11.3. The summed E-state index contributed by atoms with van der Waals surface area (Å²) >= 11 is 0. The van der Waals surface area contributed by atoms with Gasteiger partial charge in [0.2, 0.25) is 5.82 Å². The van der Waals surface area contributed by atoms with Gasteiger partial charge in [0.25, 0.3) is 0 Å². The first-order valence-corrected chi connectivity index (χ1v) is 7.97. The number of tetrazole rings is 1. The van der Waals surface area contributed by atoms with Crippen molar-refractivity contribution in [1.29, 1.82) is 0 Å². The Morgan fingerprint density at radius 3 is 2.62 bits per heavy atom. The van der Waals surface area contributed by atoms with Gasteiger partial charge < -0.3 is 0 Å². The molecule has 9 nitrogen and oxygen atoms in total. The van der Waals surface area contributed by atoms with Crippen molar-refractivity contribution >= 4 is 0 Å². The van der Waals surface area contributed by atoms with E-state index in [1.54, 1.807) is 23.0 Å². The summed E-state index contributed by atoms with van der Waals surface area (Å²) < 4.78 is 7.82. The minimum Gasteiger partial charge on any atom is -0.295 e. The van der Waals surface area contributed by atoms with Crippen molar-refractivity contribution in [3.05, 3.63) is 70.1 Å². The van der Waals surface area contributed by atoms with Gasteiger partial charge >= 0.3 is 5.76 Å². The largest absolute Gasteiger partial charge is 0.442 e. The highest BCUT2D eigenvalue weighted by Crippen LogP contribution is 2.19. The van der Waals surface area contributed by atoms with Crippen LogP contribution >= 0.6 is 0 Å². The summed E-state index contributed by atoms with van der Waals surface area (Å²) in [7, 11) is 0. The SMILES string of the molecule is Cc1cccc(C)c1-n1nnnc1Cn1c(-c2ccccn2)noc1=O. The molecule has 130 valence electrons. The lowest BCUT2D eigenvalue weighted by Gasteiger charge is -2.11. The van der Waals surface area contributed by atoms with Gasteiger partial charge in [-0.25, -0.2) is 9.36 Å². The standard InChI is InChI=1S/C17H15N7O2/c1-11-6-5-7-12(2)15(11)24-14(19-21-22-24)10-23-16(20-26-17(23)25)13-8-3-4-9-18-13/h3-9H,10H2,1-2H3. The lowest BCUT2D eigenvalue weighted by atomic mass is 10.1. The second-order valence-electron chi connectivity index (χ2n) is 5.82. The van der Waals surface area contributed by atoms with Crippen LogP contribution in [0.1, 0.15) is 17.0 Å². The molecule has 26 heavy (non-hydrogen) atoms. The summed E-state index contributed by atoms with van der Waals surface area (Å²) in [6.45, 7) is 4.08. The molecule has 3 heterocycles. The molecular formula is C17H15N7O2. The number of hydrogen-bond donors (Lipinski definition) is 0. The van der Waals surface area contributed by atoms with Crippen LogP contribution in [0.25, 0.3) is 17.2 Å². The number of benzene rings is 1. The molecule has 0 N–H and O–H groups in total. The summed E-state index contributed by atoms with van der Waals surface area (Å²) in [5.41, 5.74) is 3.48. The predicted molar refractivity (Wildman–Crippen MR) is 91.7 cm³/mol. The highest BCUT2D eigenvalue weighted by molar-refractivity contribution is 5.49. The van der Waals surface area contributed by atoms with Gasteiger partial charge in [0.05, 0.1) is 12.2 Å². The molecule has 4 rings (SSSR count). The molecule has 0 saturated carbocycles. The molecule has 0 aliphatic rings. The van der Waals surface area contributed by atoms with Crippen molar-refractivity contribution < 1.29 is 4.52 Å². The van der Waals surface area contributed by atoms with Crippen LogP contribution in [0.15, 0.2) is 51.9 Å². The number of nitrogens with zero attached hydrogens (tertiary/aromatic N) is 7. The normalized spacial score (nSPS) is 11.0. The van der Waals surface area contributed by atoms with E-state index in [2.05, 4.69) is 25.7 Å². The second kappa shape index (κ2) is 6.36. The van der Waals surface area contributed by atoms with Gasteiger partial charge in [-0.2, -0.15) is 4.68 Å². The Bertz CT molecular complexity index is 1090. The van der Waals surface area contributed by atoms with E-state index in [1.165, 1.54) is 4.57 Å². The molecule has 1 aromatic carbocycles. The van der Waals surface area contributed by atoms with Crippen LogP contribution in [0.5, 0.6) is 0 Å². The Morgan fingerprint density at radius 1 is 1.08 bits per heavy atom.